The van der Waals surface area contributed by atoms with Crippen molar-refractivity contribution in [2.75, 3.05) is 0 Å². The van der Waals surface area contributed by atoms with E-state index in [1.54, 1.807) is 0 Å². The molecule has 0 atom stereocenters. The molecule has 6 aromatic rings. The van der Waals surface area contributed by atoms with E-state index in [1.165, 1.54) is 129 Å². The zero-order valence-electron chi connectivity index (χ0n) is 37.8. The third-order valence-electron chi connectivity index (χ3n) is 11.8. The van der Waals surface area contributed by atoms with Gasteiger partial charge < -0.3 is 0 Å². The van der Waals surface area contributed by atoms with Gasteiger partial charge in [0.15, 0.2) is 0 Å². The molecule has 0 aliphatic heterocycles. The van der Waals surface area contributed by atoms with Crippen LogP contribution in [0.5, 0.6) is 0 Å². The molecule has 0 N–H and O–H groups in total. The Morgan fingerprint density at radius 2 is 0.672 bits per heavy atom. The summed E-state index contributed by atoms with van der Waals surface area (Å²) in [7, 11) is 17.4. The van der Waals surface area contributed by atoms with Gasteiger partial charge >= 0.3 is 22.7 Å². The van der Waals surface area contributed by atoms with E-state index in [0.717, 1.165) is 19.9 Å². The number of aryl methyl sites for hydroxylation is 6. The molecule has 0 unspecified atom stereocenters. The minimum Gasteiger partial charge on any atom is -0.0622 e. The molecule has 2 saturated carbocycles. The Morgan fingerprint density at radius 3 is 1.00 bits per heavy atom. The first-order valence-electron chi connectivity index (χ1n) is 22.5. The minimum atomic E-state index is -1.13. The van der Waals surface area contributed by atoms with E-state index < -0.39 is 23.4 Å². The van der Waals surface area contributed by atoms with Crippen molar-refractivity contribution in [1.29, 1.82) is 0 Å². The van der Waals surface area contributed by atoms with E-state index >= 15 is 0 Å². The minimum absolute atomic E-state index is 0.491. The first-order chi connectivity index (χ1) is 29.4. The first kappa shape index (κ1) is 49.3. The summed E-state index contributed by atoms with van der Waals surface area (Å²) in [6.07, 6.45) is 14.6. The van der Waals surface area contributed by atoms with Gasteiger partial charge in [-0.2, -0.15) is 0 Å². The molecule has 0 bridgehead atoms. The second kappa shape index (κ2) is 26.1. The fourth-order valence-electron chi connectivity index (χ4n) is 8.47. The fraction of sp³-hybridized carbons (Fsp3) is 0.333. The number of hydrogen-bond donors (Lipinski definition) is 0. The molecular weight excluding hydrogens is 805 g/mol. The van der Waals surface area contributed by atoms with Crippen molar-refractivity contribution in [1.82, 2.24) is 0 Å². The molecule has 7 heteroatoms. The standard InChI is InChI=1S/C16H19BP.C14H15BP.C12H23BP.C12H11P/c1-11-5-12(2)8-15(7-11)18(17)16-9-13(3)6-14(4)10-16;1-11-3-7-13(8-4-11)16(15)14-9-5-12(2)6-10-14;13-14(11-7-3-1-4-8-11)12-9-5-2-6-10-12;1-3-7-11(8-4-1)13-12-9-5-2-6-10-12/h5-10,18H,1-4H3;3-10,16H,1-2H3;11-12,14H,1-10H2;1-10,13H/q3*+1;. The molecule has 0 aromatic heterocycles. The molecule has 0 heterocycles. The SMILES string of the molecule is [B][PH+](C1CCCCC1)C1CCCCC1.[B][PH+](c1cc(C)cc(C)c1)c1cc(C)cc(C)c1.[B][PH+](c1ccc(C)cc1)c1ccc(C)cc1.c1ccc(Pc2ccccc2)cc1. The quantitative estimate of drug-likeness (QED) is 0.106. The van der Waals surface area contributed by atoms with E-state index in [4.69, 9.17) is 22.7 Å². The third kappa shape index (κ3) is 17.0. The van der Waals surface area contributed by atoms with Crippen LogP contribution in [-0.2, 0) is 0 Å². The van der Waals surface area contributed by atoms with E-state index in [2.05, 4.69) is 187 Å². The van der Waals surface area contributed by atoms with Crippen LogP contribution < -0.4 is 31.8 Å². The van der Waals surface area contributed by atoms with Crippen LogP contribution in [0.3, 0.4) is 0 Å². The van der Waals surface area contributed by atoms with Gasteiger partial charge in [-0.05, 0) is 182 Å². The maximum absolute atomic E-state index is 6.52. The first-order valence-corrected chi connectivity index (χ1v) is 28.4. The van der Waals surface area contributed by atoms with Crippen LogP contribution in [0.15, 0.2) is 146 Å². The lowest BCUT2D eigenvalue weighted by Crippen LogP contribution is -2.20. The van der Waals surface area contributed by atoms with Crippen molar-refractivity contribution in [3.8, 4) is 0 Å². The Morgan fingerprint density at radius 1 is 0.361 bits per heavy atom. The summed E-state index contributed by atoms with van der Waals surface area (Å²) in [5, 5.41) is 7.91. The van der Waals surface area contributed by atoms with Gasteiger partial charge in [0, 0.05) is 15.6 Å². The van der Waals surface area contributed by atoms with Gasteiger partial charge in [0.2, 0.25) is 0 Å². The van der Waals surface area contributed by atoms with Crippen LogP contribution in [0.25, 0.3) is 0 Å². The number of hydrogen-bond acceptors (Lipinski definition) is 0. The smallest absolute Gasteiger partial charge is 0.0622 e. The second-order valence-electron chi connectivity index (χ2n) is 17.3. The molecule has 61 heavy (non-hydrogen) atoms. The number of rotatable bonds is 8. The topological polar surface area (TPSA) is 0 Å². The fourth-order valence-corrected chi connectivity index (χ4v) is 15.6. The van der Waals surface area contributed by atoms with Gasteiger partial charge in [-0.25, -0.2) is 0 Å². The summed E-state index contributed by atoms with van der Waals surface area (Å²) in [5.41, 5.74) is 9.67. The van der Waals surface area contributed by atoms with E-state index in [9.17, 15) is 0 Å². The third-order valence-corrected chi connectivity index (χ3v) is 19.8. The molecule has 6 radical (unpaired) electrons. The molecule has 0 spiro atoms. The molecule has 2 aliphatic carbocycles. The zero-order valence-corrected chi connectivity index (χ0v) is 41.8. The molecule has 2 aliphatic rings. The number of benzene rings is 6. The summed E-state index contributed by atoms with van der Waals surface area (Å²) in [6.45, 7) is 12.7. The molecule has 2 fully saturated rings. The zero-order chi connectivity index (χ0) is 43.6. The van der Waals surface area contributed by atoms with Gasteiger partial charge in [-0.15, -0.1) is 0 Å². The lowest BCUT2D eigenvalue weighted by Gasteiger charge is -2.30. The normalized spacial score (nSPS) is 14.3. The van der Waals surface area contributed by atoms with Crippen molar-refractivity contribution >= 4 is 86.5 Å². The summed E-state index contributed by atoms with van der Waals surface area (Å²) in [6, 6.07) is 51.5. The average Bonchev–Trinajstić information content (AvgIpc) is 3.27. The Hall–Kier alpha value is -2.77. The van der Waals surface area contributed by atoms with Crippen molar-refractivity contribution in [3.63, 3.8) is 0 Å². The lowest BCUT2D eigenvalue weighted by atomic mass is 9.99. The Labute approximate surface area is 380 Å². The van der Waals surface area contributed by atoms with E-state index in [0.29, 0.717) is 0 Å². The van der Waals surface area contributed by atoms with Gasteiger partial charge in [0.05, 0.1) is 32.5 Å². The van der Waals surface area contributed by atoms with Crippen LogP contribution in [0.1, 0.15) is 97.6 Å². The van der Waals surface area contributed by atoms with Gasteiger partial charge in [0.25, 0.3) is 0 Å². The molecule has 8 rings (SSSR count). The van der Waals surface area contributed by atoms with Gasteiger partial charge in [-0.3, -0.25) is 0 Å². The van der Waals surface area contributed by atoms with Gasteiger partial charge in [0.1, 0.15) is 0 Å². The maximum Gasteiger partial charge on any atom is 0.374 e. The highest BCUT2D eigenvalue weighted by atomic mass is 31.1. The van der Waals surface area contributed by atoms with Crippen molar-refractivity contribution < 1.29 is 0 Å². The predicted octanol–water partition coefficient (Wildman–Crippen LogP) is 12.0. The van der Waals surface area contributed by atoms with Crippen LogP contribution in [0.4, 0.5) is 0 Å². The van der Waals surface area contributed by atoms with Crippen LogP contribution in [0, 0.1) is 41.5 Å². The highest BCUT2D eigenvalue weighted by molar-refractivity contribution is 7.94. The molecule has 6 aromatic carbocycles. The summed E-state index contributed by atoms with van der Waals surface area (Å²) >= 11 is 0. The predicted molar refractivity (Wildman–Crippen MR) is 289 cm³/mol. The highest BCUT2D eigenvalue weighted by Gasteiger charge is 2.33. The van der Waals surface area contributed by atoms with Crippen molar-refractivity contribution in [3.05, 3.63) is 179 Å². The summed E-state index contributed by atoms with van der Waals surface area (Å²) in [4.78, 5) is 0. The van der Waals surface area contributed by atoms with Gasteiger partial charge in [-0.1, -0.05) is 130 Å². The highest BCUT2D eigenvalue weighted by Crippen LogP contribution is 2.52. The molecular formula is C54H68B3P4+3. The molecule has 0 nitrogen and oxygen atoms in total. The van der Waals surface area contributed by atoms with Crippen molar-refractivity contribution in [2.24, 2.45) is 0 Å². The summed E-state index contributed by atoms with van der Waals surface area (Å²) < 4.78 is 0. The Bertz CT molecular complexity index is 1960. The molecule has 0 saturated heterocycles. The Balaban J connectivity index is 0.000000155. The second-order valence-corrected chi connectivity index (χ2v) is 25.3. The monoisotopic (exact) mass is 873 g/mol. The summed E-state index contributed by atoms with van der Waals surface area (Å²) in [5.74, 6) is 0. The largest absolute Gasteiger partial charge is 0.374 e. The lowest BCUT2D eigenvalue weighted by molar-refractivity contribution is 0.488. The van der Waals surface area contributed by atoms with Crippen LogP contribution >= 0.6 is 32.0 Å². The van der Waals surface area contributed by atoms with Crippen molar-refractivity contribution in [2.45, 2.75) is 117 Å². The Kier molecular flexibility index (Phi) is 21.1. The average molecular weight is 873 g/mol. The molecule has 0 amide bonds. The molecule has 310 valence electrons. The maximum atomic E-state index is 6.52. The van der Waals surface area contributed by atoms with Crippen LogP contribution in [0.2, 0.25) is 0 Å². The van der Waals surface area contributed by atoms with Crippen LogP contribution in [-0.4, -0.2) is 34.0 Å². The van der Waals surface area contributed by atoms with E-state index in [-0.39, 0.29) is 0 Å². The van der Waals surface area contributed by atoms with E-state index in [1.807, 2.05) is 0 Å².